The molecular formula is C24H25N5O2. The third-order valence-electron chi connectivity index (χ3n) is 6.03. The number of nitrogen functional groups attached to an aromatic ring is 1. The van der Waals surface area contributed by atoms with E-state index in [-0.39, 0.29) is 11.9 Å². The predicted molar refractivity (Wildman–Crippen MR) is 121 cm³/mol. The number of benzene rings is 2. The summed E-state index contributed by atoms with van der Waals surface area (Å²) in [6.45, 7) is 0.427. The van der Waals surface area contributed by atoms with Gasteiger partial charge < -0.3 is 20.4 Å². The summed E-state index contributed by atoms with van der Waals surface area (Å²) in [6, 6.07) is 15.6. The largest absolute Gasteiger partial charge is 0.496 e. The number of anilines is 1. The van der Waals surface area contributed by atoms with Gasteiger partial charge in [-0.3, -0.25) is 4.79 Å². The molecule has 1 saturated carbocycles. The van der Waals surface area contributed by atoms with E-state index in [1.54, 1.807) is 7.11 Å². The van der Waals surface area contributed by atoms with Crippen LogP contribution in [0.2, 0.25) is 0 Å². The number of rotatable bonds is 5. The number of carbonyl (C=O) groups excluding carboxylic acids is 1. The quantitative estimate of drug-likeness (QED) is 0.516. The van der Waals surface area contributed by atoms with Crippen molar-refractivity contribution in [2.24, 2.45) is 0 Å². The Morgan fingerprint density at radius 1 is 1.10 bits per heavy atom. The summed E-state index contributed by atoms with van der Waals surface area (Å²) in [4.78, 5) is 22.9. The molecule has 0 unspecified atom stereocenters. The highest BCUT2D eigenvalue weighted by atomic mass is 16.5. The molecule has 0 atom stereocenters. The molecule has 31 heavy (non-hydrogen) atoms. The number of nitrogens with one attached hydrogen (secondary N) is 1. The Morgan fingerprint density at radius 3 is 2.52 bits per heavy atom. The fraction of sp³-hybridized carbons (Fsp3) is 0.292. The molecule has 0 spiro atoms. The SMILES string of the molecule is COc1ccccc1Cn1c(N)c(C(=O)NC2CCCC2)c2nc3ccccc3nc21. The number of carbonyl (C=O) groups is 1. The molecule has 3 N–H and O–H groups in total. The Bertz CT molecular complexity index is 1270. The van der Waals surface area contributed by atoms with Crippen LogP contribution in [0.15, 0.2) is 48.5 Å². The highest BCUT2D eigenvalue weighted by Crippen LogP contribution is 2.31. The van der Waals surface area contributed by atoms with E-state index in [0.29, 0.717) is 29.1 Å². The lowest BCUT2D eigenvalue weighted by Gasteiger charge is -2.13. The van der Waals surface area contributed by atoms with Crippen LogP contribution in [0, 0.1) is 0 Å². The zero-order valence-electron chi connectivity index (χ0n) is 17.5. The molecule has 5 rings (SSSR count). The van der Waals surface area contributed by atoms with Crippen LogP contribution in [-0.2, 0) is 6.54 Å². The number of aromatic nitrogens is 3. The molecular weight excluding hydrogens is 390 g/mol. The summed E-state index contributed by atoms with van der Waals surface area (Å²) in [5, 5.41) is 3.15. The van der Waals surface area contributed by atoms with E-state index in [1.165, 1.54) is 0 Å². The first kappa shape index (κ1) is 19.4. The minimum atomic E-state index is -0.183. The van der Waals surface area contributed by atoms with Crippen LogP contribution in [-0.4, -0.2) is 33.6 Å². The second-order valence-corrected chi connectivity index (χ2v) is 8.00. The topological polar surface area (TPSA) is 95.1 Å². The Kier molecular flexibility index (Phi) is 4.94. The van der Waals surface area contributed by atoms with Crippen molar-refractivity contribution in [1.82, 2.24) is 19.9 Å². The van der Waals surface area contributed by atoms with E-state index in [2.05, 4.69) is 5.32 Å². The Morgan fingerprint density at radius 2 is 1.77 bits per heavy atom. The van der Waals surface area contributed by atoms with Gasteiger partial charge in [-0.2, -0.15) is 0 Å². The van der Waals surface area contributed by atoms with Gasteiger partial charge in [0.05, 0.1) is 24.7 Å². The van der Waals surface area contributed by atoms with Crippen LogP contribution >= 0.6 is 0 Å². The third-order valence-corrected chi connectivity index (χ3v) is 6.03. The Labute approximate surface area is 180 Å². The molecule has 2 aromatic carbocycles. The molecule has 0 aliphatic heterocycles. The summed E-state index contributed by atoms with van der Waals surface area (Å²) in [6.07, 6.45) is 4.28. The van der Waals surface area contributed by atoms with Gasteiger partial charge in [-0.25, -0.2) is 9.97 Å². The van der Waals surface area contributed by atoms with Crippen LogP contribution in [0.3, 0.4) is 0 Å². The van der Waals surface area contributed by atoms with E-state index in [1.807, 2.05) is 53.1 Å². The summed E-state index contributed by atoms with van der Waals surface area (Å²) >= 11 is 0. The molecule has 0 bridgehead atoms. The molecule has 1 aliphatic carbocycles. The van der Waals surface area contributed by atoms with Crippen LogP contribution in [0.5, 0.6) is 5.75 Å². The Hall–Kier alpha value is -3.61. The molecule has 1 fully saturated rings. The monoisotopic (exact) mass is 415 g/mol. The van der Waals surface area contributed by atoms with Crippen LogP contribution in [0.4, 0.5) is 5.82 Å². The van der Waals surface area contributed by atoms with Gasteiger partial charge in [0.25, 0.3) is 5.91 Å². The third kappa shape index (κ3) is 3.46. The summed E-state index contributed by atoms with van der Waals surface area (Å²) in [5.74, 6) is 0.943. The van der Waals surface area contributed by atoms with Gasteiger partial charge in [-0.05, 0) is 31.0 Å². The Balaban J connectivity index is 1.67. The van der Waals surface area contributed by atoms with E-state index < -0.39 is 0 Å². The lowest BCUT2D eigenvalue weighted by Crippen LogP contribution is -2.33. The predicted octanol–water partition coefficient (Wildman–Crippen LogP) is 3.90. The highest BCUT2D eigenvalue weighted by Gasteiger charge is 2.27. The lowest BCUT2D eigenvalue weighted by atomic mass is 10.2. The van der Waals surface area contributed by atoms with Gasteiger partial charge in [-0.1, -0.05) is 43.2 Å². The van der Waals surface area contributed by atoms with Gasteiger partial charge in [0.1, 0.15) is 22.6 Å². The van der Waals surface area contributed by atoms with E-state index in [4.69, 9.17) is 20.4 Å². The summed E-state index contributed by atoms with van der Waals surface area (Å²) in [5.41, 5.74) is 10.5. The number of hydrogen-bond donors (Lipinski definition) is 2. The van der Waals surface area contributed by atoms with Gasteiger partial charge in [0, 0.05) is 11.6 Å². The number of para-hydroxylation sites is 3. The van der Waals surface area contributed by atoms with Crippen molar-refractivity contribution in [1.29, 1.82) is 0 Å². The maximum Gasteiger partial charge on any atom is 0.257 e. The van der Waals surface area contributed by atoms with Gasteiger partial charge in [0.15, 0.2) is 5.65 Å². The summed E-state index contributed by atoms with van der Waals surface area (Å²) in [7, 11) is 1.64. The lowest BCUT2D eigenvalue weighted by molar-refractivity contribution is 0.0940. The normalized spacial score (nSPS) is 14.4. The number of fused-ring (bicyclic) bond motifs is 2. The van der Waals surface area contributed by atoms with Crippen molar-refractivity contribution in [3.63, 3.8) is 0 Å². The first-order chi connectivity index (χ1) is 15.2. The number of nitrogens with two attached hydrogens (primary N) is 1. The van der Waals surface area contributed by atoms with Crippen molar-refractivity contribution in [3.05, 3.63) is 59.7 Å². The van der Waals surface area contributed by atoms with Gasteiger partial charge in [-0.15, -0.1) is 0 Å². The fourth-order valence-electron chi connectivity index (χ4n) is 4.43. The molecule has 2 aromatic heterocycles. The number of amides is 1. The van der Waals surface area contributed by atoms with Gasteiger partial charge >= 0.3 is 0 Å². The van der Waals surface area contributed by atoms with Crippen molar-refractivity contribution >= 4 is 33.9 Å². The minimum Gasteiger partial charge on any atom is -0.496 e. The molecule has 0 radical (unpaired) electrons. The summed E-state index contributed by atoms with van der Waals surface area (Å²) < 4.78 is 7.37. The number of ether oxygens (including phenoxy) is 1. The molecule has 4 aromatic rings. The van der Waals surface area contributed by atoms with E-state index in [0.717, 1.165) is 48.0 Å². The molecule has 7 heteroatoms. The number of hydrogen-bond acceptors (Lipinski definition) is 5. The smallest absolute Gasteiger partial charge is 0.257 e. The average molecular weight is 415 g/mol. The van der Waals surface area contributed by atoms with Crippen LogP contribution in [0.1, 0.15) is 41.6 Å². The van der Waals surface area contributed by atoms with Crippen molar-refractivity contribution in [3.8, 4) is 5.75 Å². The minimum absolute atomic E-state index is 0.183. The van der Waals surface area contributed by atoms with Crippen LogP contribution < -0.4 is 15.8 Å². The zero-order valence-corrected chi connectivity index (χ0v) is 17.5. The second kappa shape index (κ2) is 7.91. The first-order valence-electron chi connectivity index (χ1n) is 10.6. The standard InChI is InChI=1S/C24H25N5O2/c1-31-19-13-7-2-8-15(19)14-29-22(25)20(24(30)26-16-9-3-4-10-16)21-23(29)28-18-12-6-5-11-17(18)27-21/h2,5-8,11-13,16H,3-4,9-10,14,25H2,1H3,(H,26,30). The van der Waals surface area contributed by atoms with Crippen molar-refractivity contribution in [2.75, 3.05) is 12.8 Å². The van der Waals surface area contributed by atoms with Crippen molar-refractivity contribution in [2.45, 2.75) is 38.3 Å². The molecule has 7 nitrogen and oxygen atoms in total. The fourth-order valence-corrected chi connectivity index (χ4v) is 4.43. The molecule has 1 amide bonds. The van der Waals surface area contributed by atoms with Gasteiger partial charge in [0.2, 0.25) is 0 Å². The van der Waals surface area contributed by atoms with E-state index >= 15 is 0 Å². The molecule has 158 valence electrons. The average Bonchev–Trinajstić information content (AvgIpc) is 3.39. The number of nitrogens with zero attached hydrogens (tertiary/aromatic N) is 3. The molecule has 1 aliphatic rings. The highest BCUT2D eigenvalue weighted by molar-refractivity contribution is 6.10. The maximum absolute atomic E-state index is 13.3. The van der Waals surface area contributed by atoms with Crippen LogP contribution in [0.25, 0.3) is 22.2 Å². The second-order valence-electron chi connectivity index (χ2n) is 8.00. The molecule has 0 saturated heterocycles. The number of methoxy groups -OCH3 is 1. The van der Waals surface area contributed by atoms with E-state index in [9.17, 15) is 4.79 Å². The first-order valence-corrected chi connectivity index (χ1v) is 10.6. The molecule has 2 heterocycles. The zero-order chi connectivity index (χ0) is 21.4. The maximum atomic E-state index is 13.3. The van der Waals surface area contributed by atoms with Crippen molar-refractivity contribution < 1.29 is 9.53 Å².